The molecule has 0 aliphatic carbocycles. The zero-order valence-electron chi connectivity index (χ0n) is 12.3. The molecule has 0 radical (unpaired) electrons. The summed E-state index contributed by atoms with van der Waals surface area (Å²) in [5.74, 6) is 1.02. The number of likely N-dealkylation sites (N-methyl/N-ethyl adjacent to an activating group) is 1. The zero-order valence-corrected chi connectivity index (χ0v) is 12.3. The first-order chi connectivity index (χ1) is 8.49. The molecule has 0 spiro atoms. The molecule has 0 heterocycles. The Bertz CT molecular complexity index is 390. The Labute approximate surface area is 111 Å². The van der Waals surface area contributed by atoms with Crippen LogP contribution in [0.5, 0.6) is 5.75 Å². The molecule has 1 atom stereocenters. The van der Waals surface area contributed by atoms with Gasteiger partial charge in [-0.15, -0.1) is 0 Å². The highest BCUT2D eigenvalue weighted by Gasteiger charge is 2.11. The molecule has 3 heteroatoms. The van der Waals surface area contributed by atoms with Gasteiger partial charge in [0.15, 0.2) is 0 Å². The third kappa shape index (κ3) is 3.72. The maximum atomic E-state index is 5.68. The number of hydrogen-bond acceptors (Lipinski definition) is 3. The van der Waals surface area contributed by atoms with Crippen molar-refractivity contribution < 1.29 is 4.74 Å². The van der Waals surface area contributed by atoms with Gasteiger partial charge in [-0.25, -0.2) is 0 Å². The Hall–Kier alpha value is -1.06. The Kier molecular flexibility index (Phi) is 5.63. The molecule has 0 saturated heterocycles. The summed E-state index contributed by atoms with van der Waals surface area (Å²) in [7, 11) is 3.86. The lowest BCUT2D eigenvalue weighted by Crippen LogP contribution is -2.36. The molecular formula is C15H26N2O. The van der Waals surface area contributed by atoms with Crippen molar-refractivity contribution in [1.82, 2.24) is 4.90 Å². The highest BCUT2D eigenvalue weighted by atomic mass is 16.5. The van der Waals surface area contributed by atoms with Crippen LogP contribution in [-0.2, 0) is 6.42 Å². The van der Waals surface area contributed by atoms with Crippen LogP contribution < -0.4 is 10.5 Å². The van der Waals surface area contributed by atoms with Crippen molar-refractivity contribution in [2.75, 3.05) is 27.2 Å². The summed E-state index contributed by atoms with van der Waals surface area (Å²) >= 11 is 0. The molecule has 0 aromatic heterocycles. The van der Waals surface area contributed by atoms with E-state index in [-0.39, 0.29) is 0 Å². The smallest absolute Gasteiger partial charge is 0.125 e. The number of aryl methyl sites for hydroxylation is 2. The van der Waals surface area contributed by atoms with Crippen molar-refractivity contribution in [2.24, 2.45) is 5.73 Å². The van der Waals surface area contributed by atoms with Gasteiger partial charge in [-0.2, -0.15) is 0 Å². The van der Waals surface area contributed by atoms with Gasteiger partial charge in [0, 0.05) is 19.1 Å². The van der Waals surface area contributed by atoms with E-state index < -0.39 is 0 Å². The topological polar surface area (TPSA) is 38.5 Å². The second-order valence-electron chi connectivity index (χ2n) is 5.09. The average molecular weight is 250 g/mol. The zero-order chi connectivity index (χ0) is 13.7. The Balaban J connectivity index is 2.78. The summed E-state index contributed by atoms with van der Waals surface area (Å²) < 4.78 is 5.51. The third-order valence-electron chi connectivity index (χ3n) is 3.53. The average Bonchev–Trinajstić information content (AvgIpc) is 2.34. The largest absolute Gasteiger partial charge is 0.496 e. The van der Waals surface area contributed by atoms with Gasteiger partial charge in [-0.05, 0) is 45.4 Å². The molecule has 3 nitrogen and oxygen atoms in total. The van der Waals surface area contributed by atoms with Crippen molar-refractivity contribution in [3.8, 4) is 5.75 Å². The molecule has 18 heavy (non-hydrogen) atoms. The highest BCUT2D eigenvalue weighted by molar-refractivity contribution is 5.43. The molecule has 2 N–H and O–H groups in total. The van der Waals surface area contributed by atoms with Gasteiger partial charge in [-0.3, -0.25) is 0 Å². The number of hydrogen-bond donors (Lipinski definition) is 1. The van der Waals surface area contributed by atoms with Gasteiger partial charge >= 0.3 is 0 Å². The van der Waals surface area contributed by atoms with Crippen LogP contribution in [0.15, 0.2) is 12.1 Å². The van der Waals surface area contributed by atoms with Gasteiger partial charge in [0.1, 0.15) is 5.75 Å². The molecule has 0 bridgehead atoms. The second kappa shape index (κ2) is 6.76. The minimum atomic E-state index is 0.418. The fourth-order valence-corrected chi connectivity index (χ4v) is 2.22. The van der Waals surface area contributed by atoms with Crippen molar-refractivity contribution in [3.05, 3.63) is 28.8 Å². The summed E-state index contributed by atoms with van der Waals surface area (Å²) in [5.41, 5.74) is 9.46. The van der Waals surface area contributed by atoms with E-state index in [1.54, 1.807) is 7.11 Å². The van der Waals surface area contributed by atoms with E-state index in [4.69, 9.17) is 10.5 Å². The van der Waals surface area contributed by atoms with E-state index in [0.717, 1.165) is 18.7 Å². The number of methoxy groups -OCH3 is 1. The third-order valence-corrected chi connectivity index (χ3v) is 3.53. The van der Waals surface area contributed by atoms with Crippen molar-refractivity contribution in [2.45, 2.75) is 33.2 Å². The first-order valence-corrected chi connectivity index (χ1v) is 6.54. The fourth-order valence-electron chi connectivity index (χ4n) is 2.22. The lowest BCUT2D eigenvalue weighted by molar-refractivity contribution is 0.265. The minimum Gasteiger partial charge on any atom is -0.496 e. The highest BCUT2D eigenvalue weighted by Crippen LogP contribution is 2.25. The lowest BCUT2D eigenvalue weighted by Gasteiger charge is -2.24. The molecule has 1 unspecified atom stereocenters. The normalized spacial score (nSPS) is 12.8. The lowest BCUT2D eigenvalue weighted by atomic mass is 10.0. The van der Waals surface area contributed by atoms with Crippen LogP contribution in [0, 0.1) is 13.8 Å². The van der Waals surface area contributed by atoms with Gasteiger partial charge in [0.2, 0.25) is 0 Å². The van der Waals surface area contributed by atoms with E-state index >= 15 is 0 Å². The predicted octanol–water partition coefficient (Wildman–Crippen LogP) is 2.13. The van der Waals surface area contributed by atoms with Crippen LogP contribution in [0.25, 0.3) is 0 Å². The van der Waals surface area contributed by atoms with Gasteiger partial charge in [-0.1, -0.05) is 17.7 Å². The Morgan fingerprint density at radius 2 is 2.00 bits per heavy atom. The molecule has 1 rings (SSSR count). The number of rotatable bonds is 6. The second-order valence-corrected chi connectivity index (χ2v) is 5.09. The SMILES string of the molecule is COc1c(C)cc(C)cc1CCN(C)C(C)CN. The summed E-state index contributed by atoms with van der Waals surface area (Å²) in [6.07, 6.45) is 0.993. The molecule has 1 aromatic carbocycles. The summed E-state index contributed by atoms with van der Waals surface area (Å²) in [6.45, 7) is 8.07. The molecule has 102 valence electrons. The Morgan fingerprint density at radius 3 is 2.56 bits per heavy atom. The number of nitrogens with two attached hydrogens (primary N) is 1. The van der Waals surface area contributed by atoms with Gasteiger partial charge in [0.05, 0.1) is 7.11 Å². The predicted molar refractivity (Wildman–Crippen MR) is 77.3 cm³/mol. The van der Waals surface area contributed by atoms with Crippen LogP contribution in [0.2, 0.25) is 0 Å². The first-order valence-electron chi connectivity index (χ1n) is 6.54. The molecule has 1 aromatic rings. The quantitative estimate of drug-likeness (QED) is 0.840. The van der Waals surface area contributed by atoms with Crippen LogP contribution >= 0.6 is 0 Å². The molecule has 0 aliphatic heterocycles. The van der Waals surface area contributed by atoms with E-state index in [9.17, 15) is 0 Å². The van der Waals surface area contributed by atoms with E-state index in [1.807, 2.05) is 0 Å². The fraction of sp³-hybridized carbons (Fsp3) is 0.600. The molecule has 0 aliphatic rings. The molecule has 0 amide bonds. The van der Waals surface area contributed by atoms with Gasteiger partial charge in [0.25, 0.3) is 0 Å². The van der Waals surface area contributed by atoms with Crippen LogP contribution in [0.4, 0.5) is 0 Å². The first kappa shape index (κ1) is 15.0. The molecule has 0 fully saturated rings. The van der Waals surface area contributed by atoms with E-state index in [2.05, 4.69) is 44.9 Å². The maximum absolute atomic E-state index is 5.68. The van der Waals surface area contributed by atoms with Crippen LogP contribution in [0.3, 0.4) is 0 Å². The number of ether oxygens (including phenoxy) is 1. The summed E-state index contributed by atoms with van der Waals surface area (Å²) in [6, 6.07) is 4.79. The molecule has 0 saturated carbocycles. The number of benzene rings is 1. The van der Waals surface area contributed by atoms with Crippen molar-refractivity contribution in [3.63, 3.8) is 0 Å². The monoisotopic (exact) mass is 250 g/mol. The number of nitrogens with zero attached hydrogens (tertiary/aromatic N) is 1. The van der Waals surface area contributed by atoms with Crippen molar-refractivity contribution >= 4 is 0 Å². The van der Waals surface area contributed by atoms with Crippen LogP contribution in [-0.4, -0.2) is 38.2 Å². The van der Waals surface area contributed by atoms with E-state index in [0.29, 0.717) is 12.6 Å². The van der Waals surface area contributed by atoms with Crippen LogP contribution in [0.1, 0.15) is 23.6 Å². The van der Waals surface area contributed by atoms with E-state index in [1.165, 1.54) is 16.7 Å². The standard InChI is InChI=1S/C15H26N2O/c1-11-8-12(2)15(18-5)14(9-11)6-7-17(4)13(3)10-16/h8-9,13H,6-7,10,16H2,1-5H3. The summed E-state index contributed by atoms with van der Waals surface area (Å²) in [5, 5.41) is 0. The molecular weight excluding hydrogens is 224 g/mol. The summed E-state index contributed by atoms with van der Waals surface area (Å²) in [4.78, 5) is 2.29. The Morgan fingerprint density at radius 1 is 1.33 bits per heavy atom. The van der Waals surface area contributed by atoms with Crippen molar-refractivity contribution in [1.29, 1.82) is 0 Å². The van der Waals surface area contributed by atoms with Gasteiger partial charge < -0.3 is 15.4 Å². The maximum Gasteiger partial charge on any atom is 0.125 e. The minimum absolute atomic E-state index is 0.418.